The molecule has 4 heteroatoms. The number of benzene rings is 1. The molecule has 104 valence electrons. The van der Waals surface area contributed by atoms with E-state index in [1.807, 2.05) is 32.9 Å². The van der Waals surface area contributed by atoms with Gasteiger partial charge in [0.1, 0.15) is 5.60 Å². The van der Waals surface area contributed by atoms with E-state index in [4.69, 9.17) is 10.00 Å². The largest absolute Gasteiger partial charge is 0.443 e. The van der Waals surface area contributed by atoms with Crippen molar-refractivity contribution in [3.8, 4) is 6.07 Å². The number of amides is 1. The first-order chi connectivity index (χ1) is 9.39. The Morgan fingerprint density at radius 1 is 1.45 bits per heavy atom. The van der Waals surface area contributed by atoms with Crippen LogP contribution in [-0.2, 0) is 4.74 Å². The molecule has 1 aliphatic heterocycles. The van der Waals surface area contributed by atoms with E-state index < -0.39 is 5.60 Å². The number of carbonyl (C=O) groups excluding carboxylic acids is 1. The second kappa shape index (κ2) is 4.24. The van der Waals surface area contributed by atoms with Gasteiger partial charge in [-0.1, -0.05) is 0 Å². The predicted molar refractivity (Wildman–Crippen MR) is 75.6 cm³/mol. The van der Waals surface area contributed by atoms with Crippen LogP contribution in [0.4, 0.5) is 10.5 Å². The molecule has 0 saturated heterocycles. The molecule has 1 aliphatic carbocycles. The summed E-state index contributed by atoms with van der Waals surface area (Å²) in [6.45, 7) is 6.33. The minimum absolute atomic E-state index is 0.297. The SMILES string of the molecule is CC(C)(C)OC(=O)N1CC2CC2c2cc(C#N)ccc21. The second-order valence-corrected chi connectivity index (χ2v) is 6.58. The minimum Gasteiger partial charge on any atom is -0.443 e. The molecule has 0 radical (unpaired) electrons. The average molecular weight is 270 g/mol. The van der Waals surface area contributed by atoms with Crippen LogP contribution in [0, 0.1) is 17.2 Å². The number of carbonyl (C=O) groups is 1. The number of fused-ring (bicyclic) bond motifs is 3. The summed E-state index contributed by atoms with van der Waals surface area (Å²) in [5.41, 5.74) is 2.17. The standard InChI is InChI=1S/C16H18N2O2/c1-16(2,3)20-15(19)18-9-11-7-12(11)13-6-10(8-17)4-5-14(13)18/h4-6,11-12H,7,9H2,1-3H3. The van der Waals surface area contributed by atoms with Crippen molar-refractivity contribution in [2.45, 2.75) is 38.7 Å². The van der Waals surface area contributed by atoms with Gasteiger partial charge in [0.05, 0.1) is 17.3 Å². The topological polar surface area (TPSA) is 53.3 Å². The molecule has 1 fully saturated rings. The van der Waals surface area contributed by atoms with Gasteiger partial charge in [-0.05, 0) is 62.8 Å². The zero-order chi connectivity index (χ0) is 14.5. The first-order valence-corrected chi connectivity index (χ1v) is 6.93. The maximum Gasteiger partial charge on any atom is 0.414 e. The molecule has 1 heterocycles. The highest BCUT2D eigenvalue weighted by Gasteiger charge is 2.47. The fourth-order valence-corrected chi connectivity index (χ4v) is 2.82. The Morgan fingerprint density at radius 2 is 2.20 bits per heavy atom. The van der Waals surface area contributed by atoms with Gasteiger partial charge in [0.25, 0.3) is 0 Å². The van der Waals surface area contributed by atoms with Crippen LogP contribution in [0.5, 0.6) is 0 Å². The van der Waals surface area contributed by atoms with Gasteiger partial charge in [0, 0.05) is 6.54 Å². The Kier molecular flexibility index (Phi) is 2.75. The van der Waals surface area contributed by atoms with Gasteiger partial charge in [0.15, 0.2) is 0 Å². The number of hydrogen-bond donors (Lipinski definition) is 0. The maximum atomic E-state index is 12.3. The molecule has 3 rings (SSSR count). The van der Waals surface area contributed by atoms with Crippen molar-refractivity contribution in [3.05, 3.63) is 29.3 Å². The molecule has 0 N–H and O–H groups in total. The average Bonchev–Trinajstić information content (AvgIpc) is 3.14. The van der Waals surface area contributed by atoms with Crippen molar-refractivity contribution in [1.29, 1.82) is 5.26 Å². The molecule has 0 bridgehead atoms. The van der Waals surface area contributed by atoms with Crippen molar-refractivity contribution in [3.63, 3.8) is 0 Å². The van der Waals surface area contributed by atoms with Crippen LogP contribution in [0.3, 0.4) is 0 Å². The van der Waals surface area contributed by atoms with E-state index in [1.165, 1.54) is 0 Å². The Labute approximate surface area is 118 Å². The Morgan fingerprint density at radius 3 is 2.85 bits per heavy atom. The van der Waals surface area contributed by atoms with E-state index in [0.29, 0.717) is 17.4 Å². The van der Waals surface area contributed by atoms with Gasteiger partial charge in [0.2, 0.25) is 0 Å². The molecule has 0 spiro atoms. The molecule has 2 atom stereocenters. The quantitative estimate of drug-likeness (QED) is 0.726. The lowest BCUT2D eigenvalue weighted by Crippen LogP contribution is -2.40. The van der Waals surface area contributed by atoms with Crippen LogP contribution in [0.25, 0.3) is 0 Å². The number of nitriles is 1. The van der Waals surface area contributed by atoms with E-state index in [1.54, 1.807) is 11.0 Å². The van der Waals surface area contributed by atoms with Crippen molar-refractivity contribution < 1.29 is 9.53 Å². The summed E-state index contributed by atoms with van der Waals surface area (Å²) in [5, 5.41) is 9.01. The number of ether oxygens (including phenoxy) is 1. The summed E-state index contributed by atoms with van der Waals surface area (Å²) in [4.78, 5) is 14.1. The second-order valence-electron chi connectivity index (χ2n) is 6.58. The van der Waals surface area contributed by atoms with Crippen molar-refractivity contribution >= 4 is 11.8 Å². The highest BCUT2D eigenvalue weighted by Crippen LogP contribution is 2.54. The molecule has 20 heavy (non-hydrogen) atoms. The molecule has 1 saturated carbocycles. The summed E-state index contributed by atoms with van der Waals surface area (Å²) in [6.07, 6.45) is 0.801. The van der Waals surface area contributed by atoms with Gasteiger partial charge in [-0.15, -0.1) is 0 Å². The number of hydrogen-bond acceptors (Lipinski definition) is 3. The van der Waals surface area contributed by atoms with Crippen LogP contribution in [0.1, 0.15) is 44.2 Å². The number of anilines is 1. The third kappa shape index (κ3) is 2.24. The smallest absolute Gasteiger partial charge is 0.414 e. The van der Waals surface area contributed by atoms with Crippen LogP contribution in [0.15, 0.2) is 18.2 Å². The Balaban J connectivity index is 1.93. The lowest BCUT2D eigenvalue weighted by molar-refractivity contribution is 0.0576. The molecule has 1 aromatic carbocycles. The van der Waals surface area contributed by atoms with Crippen LogP contribution >= 0.6 is 0 Å². The van der Waals surface area contributed by atoms with E-state index in [2.05, 4.69) is 6.07 Å². The minimum atomic E-state index is -0.496. The lowest BCUT2D eigenvalue weighted by Gasteiger charge is -2.31. The van der Waals surface area contributed by atoms with E-state index in [-0.39, 0.29) is 6.09 Å². The molecule has 2 aliphatic rings. The molecule has 4 nitrogen and oxygen atoms in total. The van der Waals surface area contributed by atoms with E-state index >= 15 is 0 Å². The highest BCUT2D eigenvalue weighted by molar-refractivity contribution is 5.90. The summed E-state index contributed by atoms with van der Waals surface area (Å²) in [7, 11) is 0. The fraction of sp³-hybridized carbons (Fsp3) is 0.500. The first kappa shape index (κ1) is 13.0. The normalized spacial score (nSPS) is 23.4. The third-order valence-corrected chi connectivity index (χ3v) is 3.80. The molecule has 0 aromatic heterocycles. The van der Waals surface area contributed by atoms with Gasteiger partial charge in [-0.25, -0.2) is 4.79 Å². The monoisotopic (exact) mass is 270 g/mol. The molecule has 2 unspecified atom stereocenters. The van der Waals surface area contributed by atoms with Gasteiger partial charge in [-0.3, -0.25) is 4.90 Å². The summed E-state index contributed by atoms with van der Waals surface area (Å²) < 4.78 is 5.48. The van der Waals surface area contributed by atoms with Gasteiger partial charge >= 0.3 is 6.09 Å². The summed E-state index contributed by atoms with van der Waals surface area (Å²) in [6, 6.07) is 7.71. The highest BCUT2D eigenvalue weighted by atomic mass is 16.6. The van der Waals surface area contributed by atoms with Crippen molar-refractivity contribution in [2.24, 2.45) is 5.92 Å². The van der Waals surface area contributed by atoms with Gasteiger partial charge in [-0.2, -0.15) is 5.26 Å². The third-order valence-electron chi connectivity index (χ3n) is 3.80. The Hall–Kier alpha value is -2.02. The van der Waals surface area contributed by atoms with Gasteiger partial charge < -0.3 is 4.74 Å². The number of nitrogens with zero attached hydrogens (tertiary/aromatic N) is 2. The lowest BCUT2D eigenvalue weighted by atomic mass is 9.99. The van der Waals surface area contributed by atoms with Crippen LogP contribution in [0.2, 0.25) is 0 Å². The maximum absolute atomic E-state index is 12.3. The van der Waals surface area contributed by atoms with Crippen LogP contribution < -0.4 is 4.90 Å². The van der Waals surface area contributed by atoms with Crippen LogP contribution in [-0.4, -0.2) is 18.2 Å². The van der Waals surface area contributed by atoms with E-state index in [9.17, 15) is 4.79 Å². The van der Waals surface area contributed by atoms with E-state index in [0.717, 1.165) is 24.2 Å². The summed E-state index contributed by atoms with van der Waals surface area (Å²) in [5.74, 6) is 1.03. The molecule has 1 amide bonds. The molecular weight excluding hydrogens is 252 g/mol. The Bertz CT molecular complexity index is 610. The fourth-order valence-electron chi connectivity index (χ4n) is 2.82. The molecular formula is C16H18N2O2. The summed E-state index contributed by atoms with van der Waals surface area (Å²) >= 11 is 0. The first-order valence-electron chi connectivity index (χ1n) is 6.93. The zero-order valence-electron chi connectivity index (χ0n) is 12.0. The van der Waals surface area contributed by atoms with Crippen molar-refractivity contribution in [2.75, 3.05) is 11.4 Å². The number of rotatable bonds is 0. The predicted octanol–water partition coefficient (Wildman–Crippen LogP) is 3.42. The zero-order valence-corrected chi connectivity index (χ0v) is 12.0. The van der Waals surface area contributed by atoms with Crippen molar-refractivity contribution in [1.82, 2.24) is 0 Å². The molecule has 1 aromatic rings.